The van der Waals surface area contributed by atoms with Crippen LogP contribution >= 0.6 is 0 Å². The van der Waals surface area contributed by atoms with Crippen molar-refractivity contribution >= 4 is 0 Å². The standard InChI is InChI=1S/C11H16N2O/c1-13(6-2-3-7-13)9-10-8-12-5-4-11(10)14/h4-5,8H,2-3,6-7,9H2,1H3/p+1. The third kappa shape index (κ3) is 1.87. The van der Waals surface area contributed by atoms with E-state index in [-0.39, 0.29) is 5.43 Å². The quantitative estimate of drug-likeness (QED) is 0.701. The molecule has 1 aromatic heterocycles. The summed E-state index contributed by atoms with van der Waals surface area (Å²) in [6.45, 7) is 3.28. The van der Waals surface area contributed by atoms with Crippen LogP contribution in [0.1, 0.15) is 18.4 Å². The Balaban J connectivity index is 2.18. The van der Waals surface area contributed by atoms with E-state index < -0.39 is 0 Å². The molecule has 0 spiro atoms. The van der Waals surface area contributed by atoms with E-state index in [0.29, 0.717) is 0 Å². The maximum absolute atomic E-state index is 11.5. The van der Waals surface area contributed by atoms with Crippen molar-refractivity contribution in [2.75, 3.05) is 20.1 Å². The van der Waals surface area contributed by atoms with Crippen LogP contribution in [0, 0.1) is 0 Å². The summed E-state index contributed by atoms with van der Waals surface area (Å²) in [5.41, 5.74) is 1.08. The molecule has 1 N–H and O–H groups in total. The summed E-state index contributed by atoms with van der Waals surface area (Å²) in [5, 5.41) is 0. The molecule has 0 aromatic carbocycles. The number of quaternary nitrogens is 1. The average molecular weight is 193 g/mol. The van der Waals surface area contributed by atoms with Gasteiger partial charge in [-0.3, -0.25) is 4.79 Å². The Morgan fingerprint density at radius 2 is 2.14 bits per heavy atom. The average Bonchev–Trinajstić information content (AvgIpc) is 2.57. The van der Waals surface area contributed by atoms with Crippen molar-refractivity contribution in [3.05, 3.63) is 34.2 Å². The van der Waals surface area contributed by atoms with Gasteiger partial charge in [0.05, 0.1) is 25.7 Å². The van der Waals surface area contributed by atoms with Crippen LogP contribution in [-0.4, -0.2) is 29.6 Å². The molecular weight excluding hydrogens is 176 g/mol. The second kappa shape index (κ2) is 3.58. The zero-order valence-electron chi connectivity index (χ0n) is 8.62. The second-order valence-corrected chi connectivity index (χ2v) is 4.47. The number of nitrogens with one attached hydrogen (secondary N) is 1. The summed E-state index contributed by atoms with van der Waals surface area (Å²) in [5.74, 6) is 0. The molecule has 0 unspecified atom stereocenters. The molecule has 3 nitrogen and oxygen atoms in total. The minimum atomic E-state index is 0.162. The molecule has 2 heterocycles. The lowest BCUT2D eigenvalue weighted by molar-refractivity contribution is -0.911. The third-order valence-electron chi connectivity index (χ3n) is 3.10. The largest absolute Gasteiger partial charge is 0.367 e. The van der Waals surface area contributed by atoms with E-state index in [4.69, 9.17) is 0 Å². The van der Waals surface area contributed by atoms with Gasteiger partial charge in [-0.15, -0.1) is 0 Å². The first-order valence-electron chi connectivity index (χ1n) is 5.19. The number of pyridine rings is 1. The Kier molecular flexibility index (Phi) is 2.42. The number of hydrogen-bond acceptors (Lipinski definition) is 1. The smallest absolute Gasteiger partial charge is 0.190 e. The van der Waals surface area contributed by atoms with E-state index >= 15 is 0 Å². The highest BCUT2D eigenvalue weighted by Gasteiger charge is 2.27. The van der Waals surface area contributed by atoms with Gasteiger partial charge in [0.25, 0.3) is 0 Å². The van der Waals surface area contributed by atoms with Crippen molar-refractivity contribution in [2.45, 2.75) is 19.4 Å². The summed E-state index contributed by atoms with van der Waals surface area (Å²) >= 11 is 0. The number of nitrogens with zero attached hydrogens (tertiary/aromatic N) is 1. The first kappa shape index (κ1) is 9.46. The Morgan fingerprint density at radius 1 is 1.43 bits per heavy atom. The topological polar surface area (TPSA) is 32.9 Å². The summed E-state index contributed by atoms with van der Waals surface area (Å²) in [6, 6.07) is 1.61. The summed E-state index contributed by atoms with van der Waals surface area (Å²) in [7, 11) is 2.24. The van der Waals surface area contributed by atoms with E-state index in [1.807, 2.05) is 6.20 Å². The van der Waals surface area contributed by atoms with Gasteiger partial charge in [0.15, 0.2) is 5.43 Å². The summed E-state index contributed by atoms with van der Waals surface area (Å²) in [4.78, 5) is 14.5. The van der Waals surface area contributed by atoms with Crippen molar-refractivity contribution in [1.29, 1.82) is 0 Å². The van der Waals surface area contributed by atoms with E-state index in [0.717, 1.165) is 16.6 Å². The van der Waals surface area contributed by atoms with Crippen molar-refractivity contribution in [1.82, 2.24) is 4.98 Å². The van der Waals surface area contributed by atoms with E-state index in [1.54, 1.807) is 12.3 Å². The van der Waals surface area contributed by atoms with Crippen LogP contribution in [0.25, 0.3) is 0 Å². The lowest BCUT2D eigenvalue weighted by Gasteiger charge is -2.28. The Morgan fingerprint density at radius 3 is 2.79 bits per heavy atom. The Bertz CT molecular complexity index is 364. The maximum atomic E-state index is 11.5. The molecule has 0 bridgehead atoms. The van der Waals surface area contributed by atoms with Gasteiger partial charge in [0.2, 0.25) is 0 Å². The van der Waals surface area contributed by atoms with E-state index in [1.165, 1.54) is 25.9 Å². The normalized spacial score (nSPS) is 19.8. The SMILES string of the molecule is C[N+]1(Cc2c[nH]ccc2=O)CCCC1. The molecule has 1 fully saturated rings. The number of hydrogen-bond donors (Lipinski definition) is 1. The molecule has 1 aliphatic heterocycles. The Hall–Kier alpha value is -1.09. The van der Waals surface area contributed by atoms with Crippen LogP contribution in [0.3, 0.4) is 0 Å². The van der Waals surface area contributed by atoms with Crippen molar-refractivity contribution in [3.63, 3.8) is 0 Å². The fourth-order valence-electron chi connectivity index (χ4n) is 2.24. The zero-order valence-corrected chi connectivity index (χ0v) is 8.62. The highest BCUT2D eigenvalue weighted by Crippen LogP contribution is 2.18. The molecule has 1 aliphatic rings. The lowest BCUT2D eigenvalue weighted by atomic mass is 10.2. The maximum Gasteiger partial charge on any atom is 0.190 e. The van der Waals surface area contributed by atoms with Gasteiger partial charge in [-0.05, 0) is 0 Å². The fraction of sp³-hybridized carbons (Fsp3) is 0.545. The first-order chi connectivity index (χ1) is 6.70. The predicted octanol–water partition coefficient (Wildman–Crippen LogP) is 1.12. The van der Waals surface area contributed by atoms with E-state index in [2.05, 4.69) is 12.0 Å². The summed E-state index contributed by atoms with van der Waals surface area (Å²) in [6.07, 6.45) is 6.11. The molecule has 0 aliphatic carbocycles. The van der Waals surface area contributed by atoms with Gasteiger partial charge < -0.3 is 9.47 Å². The van der Waals surface area contributed by atoms with Gasteiger partial charge in [-0.2, -0.15) is 0 Å². The molecule has 0 radical (unpaired) electrons. The molecule has 0 amide bonds. The van der Waals surface area contributed by atoms with Crippen molar-refractivity contribution in [3.8, 4) is 0 Å². The molecule has 3 heteroatoms. The van der Waals surface area contributed by atoms with Crippen molar-refractivity contribution < 1.29 is 4.48 Å². The first-order valence-corrected chi connectivity index (χ1v) is 5.19. The molecule has 76 valence electrons. The minimum absolute atomic E-state index is 0.162. The third-order valence-corrected chi connectivity index (χ3v) is 3.10. The Labute approximate surface area is 84.0 Å². The van der Waals surface area contributed by atoms with Gasteiger partial charge in [0.1, 0.15) is 6.54 Å². The number of aromatic amines is 1. The van der Waals surface area contributed by atoms with E-state index in [9.17, 15) is 4.79 Å². The van der Waals surface area contributed by atoms with Crippen LogP contribution in [0.5, 0.6) is 0 Å². The number of aromatic nitrogens is 1. The number of likely N-dealkylation sites (tertiary alicyclic amines) is 1. The molecule has 0 saturated carbocycles. The molecule has 0 atom stereocenters. The van der Waals surface area contributed by atoms with Crippen LogP contribution in [-0.2, 0) is 6.54 Å². The van der Waals surface area contributed by atoms with Gasteiger partial charge in [-0.25, -0.2) is 0 Å². The number of rotatable bonds is 2. The highest BCUT2D eigenvalue weighted by molar-refractivity contribution is 5.07. The second-order valence-electron chi connectivity index (χ2n) is 4.47. The van der Waals surface area contributed by atoms with Crippen LogP contribution in [0.2, 0.25) is 0 Å². The molecular formula is C11H17N2O+. The van der Waals surface area contributed by atoms with Crippen LogP contribution < -0.4 is 5.43 Å². The highest BCUT2D eigenvalue weighted by atomic mass is 16.1. The van der Waals surface area contributed by atoms with Crippen LogP contribution in [0.15, 0.2) is 23.3 Å². The molecule has 14 heavy (non-hydrogen) atoms. The van der Waals surface area contributed by atoms with Crippen LogP contribution in [0.4, 0.5) is 0 Å². The van der Waals surface area contributed by atoms with Gasteiger partial charge >= 0.3 is 0 Å². The number of H-pyrrole nitrogens is 1. The summed E-state index contributed by atoms with van der Waals surface area (Å²) < 4.78 is 1.02. The van der Waals surface area contributed by atoms with Gasteiger partial charge in [0, 0.05) is 31.3 Å². The monoisotopic (exact) mass is 193 g/mol. The fourth-order valence-corrected chi connectivity index (χ4v) is 2.24. The van der Waals surface area contributed by atoms with Crippen molar-refractivity contribution in [2.24, 2.45) is 0 Å². The predicted molar refractivity (Wildman–Crippen MR) is 55.9 cm³/mol. The lowest BCUT2D eigenvalue weighted by Crippen LogP contribution is -2.41. The van der Waals surface area contributed by atoms with Gasteiger partial charge in [-0.1, -0.05) is 0 Å². The molecule has 1 aromatic rings. The minimum Gasteiger partial charge on any atom is -0.367 e. The molecule has 1 saturated heterocycles. The molecule has 2 rings (SSSR count). The zero-order chi connectivity index (χ0) is 10.0.